The van der Waals surface area contributed by atoms with Crippen LogP contribution in [0, 0.1) is 6.92 Å². The van der Waals surface area contributed by atoms with E-state index in [-0.39, 0.29) is 17.3 Å². The van der Waals surface area contributed by atoms with E-state index in [1.165, 1.54) is 34.7 Å². The van der Waals surface area contributed by atoms with E-state index < -0.39 is 10.0 Å². The Balaban J connectivity index is 1.55. The van der Waals surface area contributed by atoms with E-state index in [1.807, 2.05) is 42.5 Å². The molecule has 39 heavy (non-hydrogen) atoms. The number of anilines is 1. The number of carbonyl (C=O) groups excluding carboxylic acids is 1. The molecule has 0 aromatic heterocycles. The van der Waals surface area contributed by atoms with Crippen molar-refractivity contribution < 1.29 is 17.9 Å². The second kappa shape index (κ2) is 13.4. The summed E-state index contributed by atoms with van der Waals surface area (Å²) in [7, 11) is -2.47. The highest BCUT2D eigenvalue weighted by Crippen LogP contribution is 2.30. The average Bonchev–Trinajstić information content (AvgIpc) is 2.97. The fourth-order valence-corrected chi connectivity index (χ4v) is 6.50. The summed E-state index contributed by atoms with van der Waals surface area (Å²) in [6.07, 6.45) is 0. The summed E-state index contributed by atoms with van der Waals surface area (Å²) in [6.45, 7) is 2.63. The number of rotatable bonds is 12. The lowest BCUT2D eigenvalue weighted by molar-refractivity contribution is 0.0957. The Kier molecular flexibility index (Phi) is 9.68. The SMILES string of the molecule is COc1ccc(S(=O)(=O)N(Cc2ccccc2)c2ccccc2C(=O)NCCSCc2ccccc2C)cc1. The van der Waals surface area contributed by atoms with Crippen LogP contribution in [0.4, 0.5) is 5.69 Å². The van der Waals surface area contributed by atoms with E-state index in [1.54, 1.807) is 48.2 Å². The van der Waals surface area contributed by atoms with Gasteiger partial charge in [-0.05, 0) is 60.0 Å². The van der Waals surface area contributed by atoms with Gasteiger partial charge in [-0.2, -0.15) is 11.8 Å². The molecule has 0 unspecified atom stereocenters. The molecule has 0 atom stereocenters. The first kappa shape index (κ1) is 28.3. The maximum absolute atomic E-state index is 13.9. The van der Waals surface area contributed by atoms with E-state index in [2.05, 4.69) is 24.4 Å². The predicted molar refractivity (Wildman–Crippen MR) is 159 cm³/mol. The van der Waals surface area contributed by atoms with Crippen molar-refractivity contribution in [1.29, 1.82) is 0 Å². The van der Waals surface area contributed by atoms with Crippen molar-refractivity contribution in [1.82, 2.24) is 5.32 Å². The normalized spacial score (nSPS) is 11.1. The predicted octanol–water partition coefficient (Wildman–Crippen LogP) is 6.06. The molecular formula is C31H32N2O4S2. The number of amides is 1. The molecule has 4 aromatic carbocycles. The maximum Gasteiger partial charge on any atom is 0.264 e. The second-order valence-electron chi connectivity index (χ2n) is 8.92. The van der Waals surface area contributed by atoms with E-state index in [0.29, 0.717) is 23.5 Å². The minimum atomic E-state index is -4.00. The molecule has 1 N–H and O–H groups in total. The van der Waals surface area contributed by atoms with Crippen LogP contribution in [0.2, 0.25) is 0 Å². The highest BCUT2D eigenvalue weighted by atomic mass is 32.2. The standard InChI is InChI=1S/C31H32N2O4S2/c1-24-10-6-7-13-26(24)23-38-21-20-32-31(34)29-14-8-9-15-30(29)33(22-25-11-4-3-5-12-25)39(35,36)28-18-16-27(37-2)17-19-28/h3-19H,20-23H2,1-2H3,(H,32,34). The van der Waals surface area contributed by atoms with Gasteiger partial charge in [-0.1, -0.05) is 66.7 Å². The van der Waals surface area contributed by atoms with Gasteiger partial charge in [0.15, 0.2) is 0 Å². The number of benzene rings is 4. The molecule has 6 nitrogen and oxygen atoms in total. The molecule has 4 rings (SSSR count). The third-order valence-electron chi connectivity index (χ3n) is 6.28. The van der Waals surface area contributed by atoms with Crippen molar-refractivity contribution in [2.75, 3.05) is 23.7 Å². The van der Waals surface area contributed by atoms with E-state index in [9.17, 15) is 13.2 Å². The van der Waals surface area contributed by atoms with Crippen LogP contribution in [0.3, 0.4) is 0 Å². The van der Waals surface area contributed by atoms with Gasteiger partial charge in [-0.25, -0.2) is 8.42 Å². The summed E-state index contributed by atoms with van der Waals surface area (Å²) in [4.78, 5) is 13.4. The third-order valence-corrected chi connectivity index (χ3v) is 9.07. The molecule has 0 aliphatic heterocycles. The van der Waals surface area contributed by atoms with Crippen LogP contribution < -0.4 is 14.4 Å². The van der Waals surface area contributed by atoms with Crippen molar-refractivity contribution in [3.8, 4) is 5.75 Å². The quantitative estimate of drug-likeness (QED) is 0.213. The first-order valence-electron chi connectivity index (χ1n) is 12.6. The molecule has 0 saturated heterocycles. The van der Waals surface area contributed by atoms with Gasteiger partial charge in [0.25, 0.3) is 15.9 Å². The van der Waals surface area contributed by atoms with Crippen LogP contribution in [0.1, 0.15) is 27.0 Å². The summed E-state index contributed by atoms with van der Waals surface area (Å²) in [5.74, 6) is 1.85. The topological polar surface area (TPSA) is 75.7 Å². The Labute approximate surface area is 235 Å². The number of thioether (sulfide) groups is 1. The summed E-state index contributed by atoms with van der Waals surface area (Å²) < 4.78 is 34.3. The van der Waals surface area contributed by atoms with Gasteiger partial charge in [-0.3, -0.25) is 9.10 Å². The van der Waals surface area contributed by atoms with Crippen molar-refractivity contribution in [2.24, 2.45) is 0 Å². The Morgan fingerprint density at radius 1 is 0.872 bits per heavy atom. The number of methoxy groups -OCH3 is 1. The number of hydrogen-bond donors (Lipinski definition) is 1. The van der Waals surface area contributed by atoms with Crippen LogP contribution in [0.25, 0.3) is 0 Å². The fourth-order valence-electron chi connectivity index (χ4n) is 4.09. The Morgan fingerprint density at radius 3 is 2.26 bits per heavy atom. The number of aryl methyl sites for hydroxylation is 1. The Hall–Kier alpha value is -3.75. The molecule has 4 aromatic rings. The van der Waals surface area contributed by atoms with Crippen LogP contribution in [-0.2, 0) is 22.3 Å². The molecule has 202 valence electrons. The Morgan fingerprint density at radius 2 is 1.54 bits per heavy atom. The van der Waals surface area contributed by atoms with Crippen molar-refractivity contribution in [2.45, 2.75) is 24.1 Å². The van der Waals surface area contributed by atoms with Gasteiger partial charge in [0, 0.05) is 18.1 Å². The first-order chi connectivity index (χ1) is 18.9. The van der Waals surface area contributed by atoms with Gasteiger partial charge < -0.3 is 10.1 Å². The smallest absolute Gasteiger partial charge is 0.264 e. The summed E-state index contributed by atoms with van der Waals surface area (Å²) in [5, 5.41) is 2.97. The van der Waals surface area contributed by atoms with Gasteiger partial charge in [0.2, 0.25) is 0 Å². The number of ether oxygens (including phenoxy) is 1. The average molecular weight is 561 g/mol. The number of sulfonamides is 1. The zero-order valence-corrected chi connectivity index (χ0v) is 23.7. The minimum Gasteiger partial charge on any atom is -0.497 e. The van der Waals surface area contributed by atoms with Crippen molar-refractivity contribution >= 4 is 33.4 Å². The minimum absolute atomic E-state index is 0.0752. The van der Waals surface area contributed by atoms with Crippen molar-refractivity contribution in [3.05, 3.63) is 125 Å². The number of nitrogens with one attached hydrogen (secondary N) is 1. The highest BCUT2D eigenvalue weighted by Gasteiger charge is 2.28. The molecule has 0 aliphatic carbocycles. The van der Waals surface area contributed by atoms with E-state index >= 15 is 0 Å². The molecule has 0 spiro atoms. The fraction of sp³-hybridized carbons (Fsp3) is 0.194. The number of para-hydroxylation sites is 1. The van der Waals surface area contributed by atoms with E-state index in [0.717, 1.165) is 17.1 Å². The van der Waals surface area contributed by atoms with Crippen LogP contribution in [0.15, 0.2) is 108 Å². The Bertz CT molecular complexity index is 1490. The number of nitrogens with zero attached hydrogens (tertiary/aromatic N) is 1. The monoisotopic (exact) mass is 560 g/mol. The van der Waals surface area contributed by atoms with Crippen LogP contribution in [-0.4, -0.2) is 33.7 Å². The van der Waals surface area contributed by atoms with Crippen molar-refractivity contribution in [3.63, 3.8) is 0 Å². The largest absolute Gasteiger partial charge is 0.497 e. The maximum atomic E-state index is 13.9. The summed E-state index contributed by atoms with van der Waals surface area (Å²) in [6, 6.07) is 30.7. The lowest BCUT2D eigenvalue weighted by Crippen LogP contribution is -2.34. The molecule has 0 bridgehead atoms. The molecule has 0 heterocycles. The zero-order valence-electron chi connectivity index (χ0n) is 22.0. The molecule has 0 saturated carbocycles. The molecule has 0 radical (unpaired) electrons. The van der Waals surface area contributed by atoms with Crippen LogP contribution >= 0.6 is 11.8 Å². The molecule has 8 heteroatoms. The number of carbonyl (C=O) groups is 1. The lowest BCUT2D eigenvalue weighted by Gasteiger charge is -2.26. The van der Waals surface area contributed by atoms with Crippen LogP contribution in [0.5, 0.6) is 5.75 Å². The van der Waals surface area contributed by atoms with Gasteiger partial charge in [0.1, 0.15) is 5.75 Å². The van der Waals surface area contributed by atoms with E-state index in [4.69, 9.17) is 4.74 Å². The molecule has 1 amide bonds. The molecule has 0 fully saturated rings. The van der Waals surface area contributed by atoms with Gasteiger partial charge in [0.05, 0.1) is 29.8 Å². The first-order valence-corrected chi connectivity index (χ1v) is 15.2. The zero-order chi connectivity index (χ0) is 27.7. The summed E-state index contributed by atoms with van der Waals surface area (Å²) in [5.41, 5.74) is 3.95. The van der Waals surface area contributed by atoms with Gasteiger partial charge >= 0.3 is 0 Å². The molecular weight excluding hydrogens is 528 g/mol. The van der Waals surface area contributed by atoms with Gasteiger partial charge in [-0.15, -0.1) is 0 Å². The number of hydrogen-bond acceptors (Lipinski definition) is 5. The summed E-state index contributed by atoms with van der Waals surface area (Å²) >= 11 is 1.74. The highest BCUT2D eigenvalue weighted by molar-refractivity contribution is 7.98. The molecule has 0 aliphatic rings. The second-order valence-corrected chi connectivity index (χ2v) is 11.9. The lowest BCUT2D eigenvalue weighted by atomic mass is 10.1. The third kappa shape index (κ3) is 7.22.